The first-order chi connectivity index (χ1) is 8.70. The van der Waals surface area contributed by atoms with E-state index in [4.69, 9.17) is 18.0 Å². The van der Waals surface area contributed by atoms with E-state index in [1.54, 1.807) is 0 Å². The number of rotatable bonds is 4. The number of hydrogen-bond acceptors (Lipinski definition) is 3. The van der Waals surface area contributed by atoms with Crippen molar-refractivity contribution in [2.45, 2.75) is 37.0 Å². The standard InChI is InChI=1S/C14H20N2S2/c1-18-13-5-3-2-4-12(13)16-11-8-6-10(7-9-11)14(15)17/h6-9,12-13,16H,2-5H2,1H3,(H2,15,17). The Morgan fingerprint density at radius 1 is 1.28 bits per heavy atom. The van der Waals surface area contributed by atoms with E-state index in [0.29, 0.717) is 11.0 Å². The Morgan fingerprint density at radius 2 is 1.94 bits per heavy atom. The molecule has 0 heterocycles. The molecule has 2 rings (SSSR count). The van der Waals surface area contributed by atoms with Gasteiger partial charge in [-0.15, -0.1) is 0 Å². The Kier molecular flexibility index (Phi) is 4.89. The van der Waals surface area contributed by atoms with Gasteiger partial charge in [0.1, 0.15) is 4.99 Å². The van der Waals surface area contributed by atoms with E-state index in [1.807, 2.05) is 23.9 Å². The molecule has 2 nitrogen and oxygen atoms in total. The quantitative estimate of drug-likeness (QED) is 0.829. The zero-order valence-corrected chi connectivity index (χ0v) is 12.3. The lowest BCUT2D eigenvalue weighted by molar-refractivity contribution is 0.475. The minimum atomic E-state index is 0.459. The fraction of sp³-hybridized carbons (Fsp3) is 0.500. The topological polar surface area (TPSA) is 38.0 Å². The summed E-state index contributed by atoms with van der Waals surface area (Å²) in [7, 11) is 0. The summed E-state index contributed by atoms with van der Waals surface area (Å²) in [4.78, 5) is 0.459. The average molecular weight is 280 g/mol. The molecule has 0 bridgehead atoms. The van der Waals surface area contributed by atoms with Crippen LogP contribution in [0.3, 0.4) is 0 Å². The van der Waals surface area contributed by atoms with E-state index >= 15 is 0 Å². The third kappa shape index (κ3) is 3.39. The molecule has 1 aliphatic rings. The highest BCUT2D eigenvalue weighted by Crippen LogP contribution is 2.29. The number of nitrogens with one attached hydrogen (secondary N) is 1. The van der Waals surface area contributed by atoms with E-state index in [9.17, 15) is 0 Å². The molecule has 0 spiro atoms. The van der Waals surface area contributed by atoms with Gasteiger partial charge < -0.3 is 11.1 Å². The lowest BCUT2D eigenvalue weighted by atomic mass is 9.94. The molecular formula is C14H20N2S2. The highest BCUT2D eigenvalue weighted by atomic mass is 32.2. The van der Waals surface area contributed by atoms with Crippen LogP contribution in [0.1, 0.15) is 31.2 Å². The normalized spacial score (nSPS) is 23.6. The Labute approximate surface area is 119 Å². The van der Waals surface area contributed by atoms with E-state index in [-0.39, 0.29) is 0 Å². The zero-order chi connectivity index (χ0) is 13.0. The van der Waals surface area contributed by atoms with Crippen LogP contribution in [0.5, 0.6) is 0 Å². The first-order valence-electron chi connectivity index (χ1n) is 6.40. The van der Waals surface area contributed by atoms with Crippen LogP contribution < -0.4 is 11.1 Å². The Hall–Kier alpha value is -0.740. The summed E-state index contributed by atoms with van der Waals surface area (Å²) >= 11 is 6.94. The van der Waals surface area contributed by atoms with Crippen molar-refractivity contribution in [3.63, 3.8) is 0 Å². The molecule has 3 N–H and O–H groups in total. The van der Waals surface area contributed by atoms with Gasteiger partial charge in [-0.05, 0) is 43.4 Å². The minimum Gasteiger partial charge on any atom is -0.389 e. The molecule has 2 atom stereocenters. The highest BCUT2D eigenvalue weighted by Gasteiger charge is 2.23. The maximum absolute atomic E-state index is 5.60. The molecule has 1 fully saturated rings. The van der Waals surface area contributed by atoms with Gasteiger partial charge in [-0.3, -0.25) is 0 Å². The number of nitrogens with two attached hydrogens (primary N) is 1. The lowest BCUT2D eigenvalue weighted by Gasteiger charge is -2.31. The maximum atomic E-state index is 5.60. The van der Waals surface area contributed by atoms with Crippen molar-refractivity contribution in [1.82, 2.24) is 0 Å². The number of benzene rings is 1. The summed E-state index contributed by atoms with van der Waals surface area (Å²) in [6, 6.07) is 8.70. The smallest absolute Gasteiger partial charge is 0.103 e. The summed E-state index contributed by atoms with van der Waals surface area (Å²) < 4.78 is 0. The second-order valence-electron chi connectivity index (χ2n) is 4.75. The molecule has 0 saturated heterocycles. The number of thioether (sulfide) groups is 1. The predicted molar refractivity (Wildman–Crippen MR) is 85.5 cm³/mol. The molecule has 0 radical (unpaired) electrons. The fourth-order valence-electron chi connectivity index (χ4n) is 2.49. The van der Waals surface area contributed by atoms with Crippen molar-refractivity contribution in [1.29, 1.82) is 0 Å². The number of hydrogen-bond donors (Lipinski definition) is 2. The molecule has 1 aromatic rings. The van der Waals surface area contributed by atoms with Gasteiger partial charge in [-0.2, -0.15) is 11.8 Å². The van der Waals surface area contributed by atoms with Crippen molar-refractivity contribution < 1.29 is 0 Å². The zero-order valence-electron chi connectivity index (χ0n) is 10.7. The molecule has 1 aliphatic carbocycles. The van der Waals surface area contributed by atoms with E-state index in [1.165, 1.54) is 31.4 Å². The van der Waals surface area contributed by atoms with Gasteiger partial charge in [-0.1, -0.05) is 25.1 Å². The lowest BCUT2D eigenvalue weighted by Crippen LogP contribution is -2.34. The SMILES string of the molecule is CSC1CCCCC1Nc1ccc(C(N)=S)cc1. The second kappa shape index (κ2) is 6.43. The van der Waals surface area contributed by atoms with Gasteiger partial charge >= 0.3 is 0 Å². The Bertz CT molecular complexity index is 403. The molecule has 1 saturated carbocycles. The average Bonchev–Trinajstić information content (AvgIpc) is 2.40. The fourth-order valence-corrected chi connectivity index (χ4v) is 3.56. The van der Waals surface area contributed by atoms with Crippen molar-refractivity contribution in [3.05, 3.63) is 29.8 Å². The van der Waals surface area contributed by atoms with Gasteiger partial charge in [0.05, 0.1) is 0 Å². The molecule has 98 valence electrons. The molecule has 1 aromatic carbocycles. The summed E-state index contributed by atoms with van der Waals surface area (Å²) in [6.07, 6.45) is 7.50. The van der Waals surface area contributed by atoms with Crippen LogP contribution in [0.25, 0.3) is 0 Å². The maximum Gasteiger partial charge on any atom is 0.103 e. The summed E-state index contributed by atoms with van der Waals surface area (Å²) in [5, 5.41) is 4.37. The van der Waals surface area contributed by atoms with Crippen molar-refractivity contribution in [2.24, 2.45) is 5.73 Å². The molecular weight excluding hydrogens is 260 g/mol. The summed E-state index contributed by atoms with van der Waals surface area (Å²) in [5.74, 6) is 0. The van der Waals surface area contributed by atoms with Gasteiger partial charge in [0.15, 0.2) is 0 Å². The first-order valence-corrected chi connectivity index (χ1v) is 8.09. The van der Waals surface area contributed by atoms with Crippen LogP contribution in [0.15, 0.2) is 24.3 Å². The van der Waals surface area contributed by atoms with Gasteiger partial charge in [0, 0.05) is 22.5 Å². The molecule has 0 aromatic heterocycles. The molecule has 0 aliphatic heterocycles. The first kappa shape index (κ1) is 13.7. The van der Waals surface area contributed by atoms with Gasteiger partial charge in [-0.25, -0.2) is 0 Å². The van der Waals surface area contributed by atoms with Crippen LogP contribution in [0.2, 0.25) is 0 Å². The Morgan fingerprint density at radius 3 is 2.56 bits per heavy atom. The van der Waals surface area contributed by atoms with Crippen LogP contribution in [0, 0.1) is 0 Å². The van der Waals surface area contributed by atoms with Gasteiger partial charge in [0.2, 0.25) is 0 Å². The molecule has 4 heteroatoms. The highest BCUT2D eigenvalue weighted by molar-refractivity contribution is 7.99. The van der Waals surface area contributed by atoms with Crippen LogP contribution in [0.4, 0.5) is 5.69 Å². The van der Waals surface area contributed by atoms with E-state index in [0.717, 1.165) is 10.8 Å². The Balaban J connectivity index is 2.01. The van der Waals surface area contributed by atoms with Crippen molar-refractivity contribution in [2.75, 3.05) is 11.6 Å². The molecule has 0 amide bonds. The largest absolute Gasteiger partial charge is 0.389 e. The second-order valence-corrected chi connectivity index (χ2v) is 6.27. The minimum absolute atomic E-state index is 0.459. The molecule has 18 heavy (non-hydrogen) atoms. The number of anilines is 1. The summed E-state index contributed by atoms with van der Waals surface area (Å²) in [6.45, 7) is 0. The van der Waals surface area contributed by atoms with Gasteiger partial charge in [0.25, 0.3) is 0 Å². The van der Waals surface area contributed by atoms with E-state index < -0.39 is 0 Å². The van der Waals surface area contributed by atoms with E-state index in [2.05, 4.69) is 23.7 Å². The van der Waals surface area contributed by atoms with Crippen molar-refractivity contribution >= 4 is 34.7 Å². The van der Waals surface area contributed by atoms with Crippen molar-refractivity contribution in [3.8, 4) is 0 Å². The summed E-state index contributed by atoms with van der Waals surface area (Å²) in [5.41, 5.74) is 7.70. The van der Waals surface area contributed by atoms with Crippen LogP contribution in [-0.2, 0) is 0 Å². The monoisotopic (exact) mass is 280 g/mol. The predicted octanol–water partition coefficient (Wildman–Crippen LogP) is 3.41. The third-order valence-corrected chi connectivity index (χ3v) is 4.93. The number of thiocarbonyl (C=S) groups is 1. The molecule has 2 unspecified atom stereocenters. The third-order valence-electron chi connectivity index (χ3n) is 3.53. The van der Waals surface area contributed by atoms with Crippen LogP contribution in [-0.4, -0.2) is 22.5 Å². The van der Waals surface area contributed by atoms with Crippen LogP contribution >= 0.6 is 24.0 Å².